The van der Waals surface area contributed by atoms with Crippen LogP contribution >= 0.6 is 0 Å². The average Bonchev–Trinajstić information content (AvgIpc) is 2.41. The minimum Gasteiger partial charge on any atom is -0.374 e. The molecule has 2 nitrogen and oxygen atoms in total. The molecule has 3 heteroatoms. The van der Waals surface area contributed by atoms with Gasteiger partial charge in [-0.25, -0.2) is 4.39 Å². The molecule has 1 unspecified atom stereocenters. The van der Waals surface area contributed by atoms with E-state index in [1.54, 1.807) is 6.07 Å². The van der Waals surface area contributed by atoms with E-state index in [-0.39, 0.29) is 5.82 Å². The molecule has 0 fully saturated rings. The molecule has 1 atom stereocenters. The molecule has 0 saturated carbocycles. The Hall–Kier alpha value is -2.18. The number of aliphatic hydroxyl groups excluding tert-OH is 1. The summed E-state index contributed by atoms with van der Waals surface area (Å²) in [7, 11) is 0. The number of aliphatic hydroxyl groups is 1. The Morgan fingerprint density at radius 2 is 1.89 bits per heavy atom. The highest BCUT2D eigenvalue weighted by Gasteiger charge is 2.10. The first kappa shape index (κ1) is 12.3. The SMILES string of the molecule is N#CC(O)c1ccc(F)c(Cc2ccccc2)c1. The Labute approximate surface area is 105 Å². The van der Waals surface area contributed by atoms with Crippen LogP contribution in [0.4, 0.5) is 4.39 Å². The van der Waals surface area contributed by atoms with E-state index >= 15 is 0 Å². The first-order valence-corrected chi connectivity index (χ1v) is 5.60. The van der Waals surface area contributed by atoms with Crippen molar-refractivity contribution < 1.29 is 9.50 Å². The summed E-state index contributed by atoms with van der Waals surface area (Å²) in [5.74, 6) is -0.326. The molecule has 0 aliphatic carbocycles. The highest BCUT2D eigenvalue weighted by atomic mass is 19.1. The quantitative estimate of drug-likeness (QED) is 0.839. The Kier molecular flexibility index (Phi) is 3.71. The second-order valence-corrected chi connectivity index (χ2v) is 4.04. The van der Waals surface area contributed by atoms with Gasteiger partial charge < -0.3 is 5.11 Å². The standard InChI is InChI=1S/C15H12FNO/c16-14-7-6-12(15(18)10-17)9-13(14)8-11-4-2-1-3-5-11/h1-7,9,15,18H,8H2. The van der Waals surface area contributed by atoms with Crippen LogP contribution in [0.15, 0.2) is 48.5 Å². The molecule has 2 aromatic rings. The van der Waals surface area contributed by atoms with Gasteiger partial charge in [-0.05, 0) is 28.8 Å². The van der Waals surface area contributed by atoms with Crippen LogP contribution in [-0.4, -0.2) is 5.11 Å². The largest absolute Gasteiger partial charge is 0.374 e. The minimum atomic E-state index is -1.21. The fraction of sp³-hybridized carbons (Fsp3) is 0.133. The fourth-order valence-electron chi connectivity index (χ4n) is 1.79. The van der Waals surface area contributed by atoms with Gasteiger partial charge in [0.15, 0.2) is 6.10 Å². The molecule has 0 aromatic heterocycles. The van der Waals surface area contributed by atoms with Crippen molar-refractivity contribution in [2.75, 3.05) is 0 Å². The Morgan fingerprint density at radius 3 is 2.56 bits per heavy atom. The normalized spacial score (nSPS) is 11.8. The van der Waals surface area contributed by atoms with Gasteiger partial charge in [-0.15, -0.1) is 0 Å². The lowest BCUT2D eigenvalue weighted by Gasteiger charge is -2.07. The summed E-state index contributed by atoms with van der Waals surface area (Å²) in [5, 5.41) is 18.1. The average molecular weight is 241 g/mol. The maximum Gasteiger partial charge on any atom is 0.165 e. The first-order chi connectivity index (χ1) is 8.70. The molecule has 2 rings (SSSR count). The van der Waals surface area contributed by atoms with Crippen molar-refractivity contribution in [2.45, 2.75) is 12.5 Å². The first-order valence-electron chi connectivity index (χ1n) is 5.60. The summed E-state index contributed by atoms with van der Waals surface area (Å²) in [6.07, 6.45) is -0.765. The zero-order valence-electron chi connectivity index (χ0n) is 9.68. The van der Waals surface area contributed by atoms with Crippen LogP contribution in [0, 0.1) is 17.1 Å². The molecular formula is C15H12FNO. The summed E-state index contributed by atoms with van der Waals surface area (Å²) < 4.78 is 13.7. The van der Waals surface area contributed by atoms with E-state index < -0.39 is 6.10 Å². The van der Waals surface area contributed by atoms with Gasteiger partial charge in [0.1, 0.15) is 5.82 Å². The molecule has 0 saturated heterocycles. The van der Waals surface area contributed by atoms with Crippen LogP contribution in [0.2, 0.25) is 0 Å². The molecule has 1 N–H and O–H groups in total. The Morgan fingerprint density at radius 1 is 1.17 bits per heavy atom. The molecule has 0 amide bonds. The molecule has 90 valence electrons. The van der Waals surface area contributed by atoms with Crippen molar-refractivity contribution >= 4 is 0 Å². The van der Waals surface area contributed by atoms with Crippen LogP contribution < -0.4 is 0 Å². The van der Waals surface area contributed by atoms with Crippen LogP contribution in [0.3, 0.4) is 0 Å². The van der Waals surface area contributed by atoms with Gasteiger partial charge in [-0.3, -0.25) is 0 Å². The third kappa shape index (κ3) is 2.73. The van der Waals surface area contributed by atoms with Crippen molar-refractivity contribution in [1.29, 1.82) is 5.26 Å². The highest BCUT2D eigenvalue weighted by molar-refractivity contribution is 5.33. The molecule has 0 bridgehead atoms. The molecule has 0 radical (unpaired) electrons. The van der Waals surface area contributed by atoms with Crippen molar-refractivity contribution in [3.63, 3.8) is 0 Å². The minimum absolute atomic E-state index is 0.326. The summed E-state index contributed by atoms with van der Waals surface area (Å²) in [6, 6.07) is 15.5. The molecule has 2 aromatic carbocycles. The summed E-state index contributed by atoms with van der Waals surface area (Å²) >= 11 is 0. The number of halogens is 1. The Bertz CT molecular complexity index is 575. The van der Waals surface area contributed by atoms with E-state index in [0.717, 1.165) is 5.56 Å². The van der Waals surface area contributed by atoms with E-state index in [1.807, 2.05) is 30.3 Å². The van der Waals surface area contributed by atoms with Crippen molar-refractivity contribution in [2.24, 2.45) is 0 Å². The fourth-order valence-corrected chi connectivity index (χ4v) is 1.79. The number of nitrogens with zero attached hydrogens (tertiary/aromatic N) is 1. The maximum absolute atomic E-state index is 13.7. The van der Waals surface area contributed by atoms with E-state index in [4.69, 9.17) is 5.26 Å². The monoisotopic (exact) mass is 241 g/mol. The summed E-state index contributed by atoms with van der Waals surface area (Å²) in [5.41, 5.74) is 1.89. The Balaban J connectivity index is 2.30. The number of hydrogen-bond acceptors (Lipinski definition) is 2. The van der Waals surface area contributed by atoms with Crippen LogP contribution in [0.1, 0.15) is 22.8 Å². The number of nitriles is 1. The van der Waals surface area contributed by atoms with Crippen LogP contribution in [-0.2, 0) is 6.42 Å². The van der Waals surface area contributed by atoms with Crippen LogP contribution in [0.25, 0.3) is 0 Å². The predicted molar refractivity (Wildman–Crippen MR) is 66.2 cm³/mol. The van der Waals surface area contributed by atoms with Gasteiger partial charge in [-0.2, -0.15) is 5.26 Å². The second kappa shape index (κ2) is 5.44. The highest BCUT2D eigenvalue weighted by Crippen LogP contribution is 2.19. The topological polar surface area (TPSA) is 44.0 Å². The third-order valence-electron chi connectivity index (χ3n) is 2.75. The molecular weight excluding hydrogens is 229 g/mol. The lowest BCUT2D eigenvalue weighted by Crippen LogP contribution is -1.98. The number of hydrogen-bond donors (Lipinski definition) is 1. The van der Waals surface area contributed by atoms with Crippen LogP contribution in [0.5, 0.6) is 0 Å². The maximum atomic E-state index is 13.7. The van der Waals surface area contributed by atoms with Crippen molar-refractivity contribution in [3.8, 4) is 6.07 Å². The second-order valence-electron chi connectivity index (χ2n) is 4.04. The lowest BCUT2D eigenvalue weighted by atomic mass is 10.0. The molecule has 0 heterocycles. The van der Waals surface area contributed by atoms with Crippen molar-refractivity contribution in [1.82, 2.24) is 0 Å². The van der Waals surface area contributed by atoms with E-state index in [0.29, 0.717) is 17.5 Å². The van der Waals surface area contributed by atoms with E-state index in [2.05, 4.69) is 0 Å². The molecule has 0 aliphatic heterocycles. The number of benzene rings is 2. The van der Waals surface area contributed by atoms with Gasteiger partial charge in [0, 0.05) is 6.42 Å². The zero-order chi connectivity index (χ0) is 13.0. The van der Waals surface area contributed by atoms with E-state index in [1.165, 1.54) is 18.2 Å². The molecule has 0 spiro atoms. The lowest BCUT2D eigenvalue weighted by molar-refractivity contribution is 0.235. The summed E-state index contributed by atoms with van der Waals surface area (Å²) in [4.78, 5) is 0. The third-order valence-corrected chi connectivity index (χ3v) is 2.75. The van der Waals surface area contributed by atoms with Crippen molar-refractivity contribution in [3.05, 3.63) is 71.0 Å². The van der Waals surface area contributed by atoms with Gasteiger partial charge in [0.2, 0.25) is 0 Å². The molecule has 18 heavy (non-hydrogen) atoms. The van der Waals surface area contributed by atoms with Gasteiger partial charge >= 0.3 is 0 Å². The summed E-state index contributed by atoms with van der Waals surface area (Å²) in [6.45, 7) is 0. The predicted octanol–water partition coefficient (Wildman–Crippen LogP) is 2.97. The van der Waals surface area contributed by atoms with E-state index in [9.17, 15) is 9.50 Å². The molecule has 0 aliphatic rings. The van der Waals surface area contributed by atoms with Gasteiger partial charge in [-0.1, -0.05) is 36.4 Å². The number of rotatable bonds is 3. The zero-order valence-corrected chi connectivity index (χ0v) is 9.68. The van der Waals surface area contributed by atoms with Gasteiger partial charge in [0.25, 0.3) is 0 Å². The van der Waals surface area contributed by atoms with Gasteiger partial charge in [0.05, 0.1) is 6.07 Å². The smallest absolute Gasteiger partial charge is 0.165 e.